The van der Waals surface area contributed by atoms with E-state index in [1.165, 1.54) is 0 Å². The maximum atomic E-state index is 6.15. The van der Waals surface area contributed by atoms with E-state index < -0.39 is 0 Å². The summed E-state index contributed by atoms with van der Waals surface area (Å²) in [6.45, 7) is 6.01. The van der Waals surface area contributed by atoms with Crippen LogP contribution in [-0.4, -0.2) is 47.2 Å². The maximum absolute atomic E-state index is 6.15. The van der Waals surface area contributed by atoms with Crippen molar-refractivity contribution in [2.24, 2.45) is 14.1 Å². The molecule has 4 rings (SSSR count). The molecule has 10 heteroatoms. The number of fused-ring (bicyclic) bond motifs is 1. The Balaban J connectivity index is 1.70. The highest BCUT2D eigenvalue weighted by Crippen LogP contribution is 2.31. The van der Waals surface area contributed by atoms with Crippen molar-refractivity contribution in [2.75, 3.05) is 12.4 Å². The zero-order valence-corrected chi connectivity index (χ0v) is 17.8. The molecule has 0 fully saturated rings. The van der Waals surface area contributed by atoms with Crippen molar-refractivity contribution in [3.05, 3.63) is 30.6 Å². The number of methoxy groups -OCH3 is 1. The van der Waals surface area contributed by atoms with Gasteiger partial charge in [0.15, 0.2) is 11.5 Å². The van der Waals surface area contributed by atoms with E-state index >= 15 is 0 Å². The first kappa shape index (κ1) is 19.6. The van der Waals surface area contributed by atoms with Gasteiger partial charge in [-0.3, -0.25) is 9.36 Å². The van der Waals surface area contributed by atoms with E-state index in [0.717, 1.165) is 16.9 Å². The quantitative estimate of drug-likeness (QED) is 0.537. The molecule has 10 nitrogen and oxygen atoms in total. The van der Waals surface area contributed by atoms with E-state index in [2.05, 4.69) is 30.5 Å². The summed E-state index contributed by atoms with van der Waals surface area (Å²) in [7, 11) is 5.25. The van der Waals surface area contributed by atoms with Gasteiger partial charge in [-0.25, -0.2) is 9.97 Å². The molecule has 0 aliphatic carbocycles. The third-order valence-corrected chi connectivity index (χ3v) is 4.29. The lowest BCUT2D eigenvalue weighted by molar-refractivity contribution is 0.133. The molecule has 30 heavy (non-hydrogen) atoms. The lowest BCUT2D eigenvalue weighted by atomic mass is 10.2. The lowest BCUT2D eigenvalue weighted by Gasteiger charge is -2.22. The van der Waals surface area contributed by atoms with Gasteiger partial charge in [0.1, 0.15) is 28.7 Å². The smallest absolute Gasteiger partial charge is 0.216 e. The first-order chi connectivity index (χ1) is 14.2. The first-order valence-corrected chi connectivity index (χ1v) is 9.44. The SMILES string of the molecule is COc1ccnc(-c2cc(Nc3cc(OC(C)(C)C)c4cnn(C)c4n3)n(C)n2)n1. The second kappa shape index (κ2) is 7.29. The summed E-state index contributed by atoms with van der Waals surface area (Å²) in [6, 6.07) is 5.41. The van der Waals surface area contributed by atoms with Crippen LogP contribution < -0.4 is 14.8 Å². The van der Waals surface area contributed by atoms with E-state index in [9.17, 15) is 0 Å². The Labute approximate surface area is 173 Å². The van der Waals surface area contributed by atoms with E-state index in [4.69, 9.17) is 9.47 Å². The molecular formula is C20H24N8O2. The molecule has 0 saturated heterocycles. The molecule has 156 valence electrons. The summed E-state index contributed by atoms with van der Waals surface area (Å²) in [6.07, 6.45) is 3.40. The summed E-state index contributed by atoms with van der Waals surface area (Å²) >= 11 is 0. The Hall–Kier alpha value is -3.69. The van der Waals surface area contributed by atoms with E-state index in [1.54, 1.807) is 34.9 Å². The molecule has 0 aliphatic heterocycles. The summed E-state index contributed by atoms with van der Waals surface area (Å²) in [5.41, 5.74) is 0.981. The minimum Gasteiger partial charge on any atom is -0.487 e. The fourth-order valence-corrected chi connectivity index (χ4v) is 2.97. The predicted octanol–water partition coefficient (Wildman–Crippen LogP) is 3.09. The van der Waals surface area contributed by atoms with Gasteiger partial charge in [0.25, 0.3) is 0 Å². The number of pyridine rings is 1. The second-order valence-electron chi connectivity index (χ2n) is 7.81. The molecule has 0 aliphatic rings. The van der Waals surface area contributed by atoms with Crippen LogP contribution in [0, 0.1) is 0 Å². The van der Waals surface area contributed by atoms with Gasteiger partial charge in [0, 0.05) is 38.5 Å². The zero-order valence-electron chi connectivity index (χ0n) is 17.8. The topological polar surface area (TPSA) is 105 Å². The molecule has 0 saturated carbocycles. The maximum Gasteiger partial charge on any atom is 0.216 e. The van der Waals surface area contributed by atoms with Gasteiger partial charge in [-0.15, -0.1) is 0 Å². The van der Waals surface area contributed by atoms with Crippen molar-refractivity contribution in [2.45, 2.75) is 26.4 Å². The van der Waals surface area contributed by atoms with E-state index in [-0.39, 0.29) is 5.60 Å². The lowest BCUT2D eigenvalue weighted by Crippen LogP contribution is -2.23. The molecule has 0 aromatic carbocycles. The van der Waals surface area contributed by atoms with Crippen LogP contribution in [0.3, 0.4) is 0 Å². The molecule has 0 atom stereocenters. The van der Waals surface area contributed by atoms with E-state index in [1.807, 2.05) is 47.0 Å². The van der Waals surface area contributed by atoms with Crippen LogP contribution in [0.1, 0.15) is 20.8 Å². The Morgan fingerprint density at radius 1 is 1.07 bits per heavy atom. The van der Waals surface area contributed by atoms with Crippen LogP contribution in [0.2, 0.25) is 0 Å². The molecule has 4 aromatic heterocycles. The molecule has 1 N–H and O–H groups in total. The number of nitrogens with one attached hydrogen (secondary N) is 1. The fourth-order valence-electron chi connectivity index (χ4n) is 2.97. The Kier molecular flexibility index (Phi) is 4.76. The molecule has 4 heterocycles. The number of anilines is 2. The molecule has 0 radical (unpaired) electrons. The number of ether oxygens (including phenoxy) is 2. The highest BCUT2D eigenvalue weighted by atomic mass is 16.5. The predicted molar refractivity (Wildman–Crippen MR) is 113 cm³/mol. The van der Waals surface area contributed by atoms with Gasteiger partial charge in [-0.2, -0.15) is 15.2 Å². The largest absolute Gasteiger partial charge is 0.487 e. The van der Waals surface area contributed by atoms with Crippen molar-refractivity contribution >= 4 is 22.7 Å². The van der Waals surface area contributed by atoms with Gasteiger partial charge >= 0.3 is 0 Å². The number of rotatable bonds is 5. The summed E-state index contributed by atoms with van der Waals surface area (Å²) in [5, 5.41) is 13.0. The van der Waals surface area contributed by atoms with Crippen molar-refractivity contribution in [1.29, 1.82) is 0 Å². The average Bonchev–Trinajstić information content (AvgIpc) is 3.24. The monoisotopic (exact) mass is 408 g/mol. The van der Waals surface area contributed by atoms with Crippen molar-refractivity contribution in [3.8, 4) is 23.1 Å². The zero-order chi connectivity index (χ0) is 21.5. The number of aromatic nitrogens is 7. The standard InChI is InChI=1S/C20H24N8O2/c1-20(2,3)30-14-10-15(24-19-12(14)11-22-28(19)5)23-16-9-13(26-27(16)4)18-21-8-7-17(25-18)29-6/h7-11H,1-6H3,(H,23,24). The minimum absolute atomic E-state index is 0.356. The third-order valence-electron chi connectivity index (χ3n) is 4.29. The van der Waals surface area contributed by atoms with Gasteiger partial charge in [-0.05, 0) is 20.8 Å². The van der Waals surface area contributed by atoms with Crippen LogP contribution in [-0.2, 0) is 14.1 Å². The summed E-state index contributed by atoms with van der Waals surface area (Å²) in [5.74, 6) is 3.01. The summed E-state index contributed by atoms with van der Waals surface area (Å²) in [4.78, 5) is 13.3. The third kappa shape index (κ3) is 3.88. The second-order valence-corrected chi connectivity index (χ2v) is 7.81. The van der Waals surface area contributed by atoms with Gasteiger partial charge < -0.3 is 14.8 Å². The number of aryl methyl sites for hydroxylation is 2. The van der Waals surface area contributed by atoms with Crippen molar-refractivity contribution in [1.82, 2.24) is 34.5 Å². The highest BCUT2D eigenvalue weighted by Gasteiger charge is 2.18. The average molecular weight is 408 g/mol. The molecule has 4 aromatic rings. The number of nitrogens with zero attached hydrogens (tertiary/aromatic N) is 7. The van der Waals surface area contributed by atoms with Crippen LogP contribution in [0.5, 0.6) is 11.6 Å². The van der Waals surface area contributed by atoms with Crippen LogP contribution >= 0.6 is 0 Å². The number of hydrogen-bond acceptors (Lipinski definition) is 8. The van der Waals surface area contributed by atoms with Crippen LogP contribution in [0.15, 0.2) is 30.6 Å². The van der Waals surface area contributed by atoms with Gasteiger partial charge in [0.2, 0.25) is 5.88 Å². The Morgan fingerprint density at radius 2 is 1.87 bits per heavy atom. The van der Waals surface area contributed by atoms with Gasteiger partial charge in [-0.1, -0.05) is 0 Å². The van der Waals surface area contributed by atoms with Crippen LogP contribution in [0.25, 0.3) is 22.6 Å². The Morgan fingerprint density at radius 3 is 2.60 bits per heavy atom. The van der Waals surface area contributed by atoms with Gasteiger partial charge in [0.05, 0.1) is 18.7 Å². The highest BCUT2D eigenvalue weighted by molar-refractivity contribution is 5.84. The van der Waals surface area contributed by atoms with Crippen molar-refractivity contribution < 1.29 is 9.47 Å². The van der Waals surface area contributed by atoms with Crippen LogP contribution in [0.4, 0.5) is 11.6 Å². The molecule has 0 unspecified atom stereocenters. The van der Waals surface area contributed by atoms with Crippen molar-refractivity contribution in [3.63, 3.8) is 0 Å². The summed E-state index contributed by atoms with van der Waals surface area (Å²) < 4.78 is 14.7. The Bertz CT molecular complexity index is 1210. The first-order valence-electron chi connectivity index (χ1n) is 9.44. The van der Waals surface area contributed by atoms with E-state index in [0.29, 0.717) is 29.0 Å². The molecule has 0 bridgehead atoms. The normalized spacial score (nSPS) is 11.7. The molecule has 0 spiro atoms. The molecular weight excluding hydrogens is 384 g/mol. The fraction of sp³-hybridized carbons (Fsp3) is 0.350. The molecule has 0 amide bonds. The number of hydrogen-bond donors (Lipinski definition) is 1. The minimum atomic E-state index is -0.356.